The number of hydrogen-bond donors (Lipinski definition) is 2. The number of amides is 1. The molecule has 2 N–H and O–H groups in total. The largest absolute Gasteiger partial charge is 0.393 e. The van der Waals surface area contributed by atoms with E-state index in [1.54, 1.807) is 24.3 Å². The van der Waals surface area contributed by atoms with E-state index in [1.807, 2.05) is 31.2 Å². The molecule has 1 saturated heterocycles. The minimum absolute atomic E-state index is 0.0678. The molecule has 1 aliphatic heterocycles. The minimum Gasteiger partial charge on any atom is -0.393 e. The monoisotopic (exact) mass is 434 g/mol. The van der Waals surface area contributed by atoms with Crippen LogP contribution in [-0.4, -0.2) is 48.7 Å². The van der Waals surface area contributed by atoms with Crippen molar-refractivity contribution in [2.45, 2.75) is 42.2 Å². The summed E-state index contributed by atoms with van der Waals surface area (Å²) in [6, 6.07) is 14.5. The molecule has 1 fully saturated rings. The standard InChI is InChI=1S/C21H26N2O4S2/c1-16-4-2-3-5-20(16)28-15-21(25)22-14-17-6-8-19(9-7-17)29(26,27)23-12-10-18(24)11-13-23/h2-9,18,24H,10-15H2,1H3,(H,22,25). The first-order valence-corrected chi connectivity index (χ1v) is 12.0. The van der Waals surface area contributed by atoms with Crippen LogP contribution in [0, 0.1) is 6.92 Å². The summed E-state index contributed by atoms with van der Waals surface area (Å²) in [6.07, 6.45) is 0.504. The fourth-order valence-electron chi connectivity index (χ4n) is 3.12. The average Bonchev–Trinajstić information content (AvgIpc) is 2.72. The molecule has 8 heteroatoms. The van der Waals surface area contributed by atoms with Crippen LogP contribution in [0.25, 0.3) is 0 Å². The Bertz CT molecular complexity index is 937. The van der Waals surface area contributed by atoms with E-state index in [0.29, 0.717) is 38.2 Å². The van der Waals surface area contributed by atoms with Crippen LogP contribution in [0.4, 0.5) is 0 Å². The number of aryl methyl sites for hydroxylation is 1. The lowest BCUT2D eigenvalue weighted by Gasteiger charge is -2.28. The highest BCUT2D eigenvalue weighted by Gasteiger charge is 2.28. The van der Waals surface area contributed by atoms with Gasteiger partial charge in [-0.1, -0.05) is 30.3 Å². The van der Waals surface area contributed by atoms with Gasteiger partial charge in [0.2, 0.25) is 15.9 Å². The number of piperidine rings is 1. The molecule has 0 radical (unpaired) electrons. The Labute approximate surface area is 176 Å². The number of nitrogens with one attached hydrogen (secondary N) is 1. The predicted molar refractivity (Wildman–Crippen MR) is 114 cm³/mol. The smallest absolute Gasteiger partial charge is 0.243 e. The number of hydrogen-bond acceptors (Lipinski definition) is 5. The molecule has 1 heterocycles. The average molecular weight is 435 g/mol. The lowest BCUT2D eigenvalue weighted by molar-refractivity contribution is -0.118. The van der Waals surface area contributed by atoms with Crippen LogP contribution in [0.5, 0.6) is 0 Å². The van der Waals surface area contributed by atoms with Gasteiger partial charge in [-0.15, -0.1) is 11.8 Å². The van der Waals surface area contributed by atoms with Crippen LogP contribution in [0.15, 0.2) is 58.3 Å². The molecule has 156 valence electrons. The van der Waals surface area contributed by atoms with Crippen molar-refractivity contribution in [2.24, 2.45) is 0 Å². The van der Waals surface area contributed by atoms with Gasteiger partial charge in [0.15, 0.2) is 0 Å². The molecule has 2 aromatic carbocycles. The van der Waals surface area contributed by atoms with E-state index in [2.05, 4.69) is 5.32 Å². The summed E-state index contributed by atoms with van der Waals surface area (Å²) in [6.45, 7) is 3.03. The van der Waals surface area contributed by atoms with Gasteiger partial charge < -0.3 is 10.4 Å². The van der Waals surface area contributed by atoms with Gasteiger partial charge in [0.25, 0.3) is 0 Å². The van der Waals surface area contributed by atoms with E-state index in [-0.39, 0.29) is 10.8 Å². The summed E-state index contributed by atoms with van der Waals surface area (Å²) in [5.74, 6) is 0.264. The number of sulfonamides is 1. The van der Waals surface area contributed by atoms with Gasteiger partial charge in [0, 0.05) is 24.5 Å². The van der Waals surface area contributed by atoms with Gasteiger partial charge in [-0.25, -0.2) is 8.42 Å². The Balaban J connectivity index is 1.51. The normalized spacial score (nSPS) is 15.9. The Kier molecular flexibility index (Phi) is 7.34. The third-order valence-electron chi connectivity index (χ3n) is 4.93. The highest BCUT2D eigenvalue weighted by molar-refractivity contribution is 8.00. The Hall–Kier alpha value is -1.87. The number of aliphatic hydroxyl groups is 1. The van der Waals surface area contributed by atoms with E-state index in [9.17, 15) is 18.3 Å². The van der Waals surface area contributed by atoms with Crippen molar-refractivity contribution < 1.29 is 18.3 Å². The quantitative estimate of drug-likeness (QED) is 0.654. The molecule has 0 aromatic heterocycles. The molecular formula is C21H26N2O4S2. The van der Waals surface area contributed by atoms with Gasteiger partial charge in [-0.05, 0) is 49.1 Å². The third-order valence-corrected chi connectivity index (χ3v) is 8.02. The Morgan fingerprint density at radius 2 is 1.79 bits per heavy atom. The van der Waals surface area contributed by atoms with E-state index < -0.39 is 16.1 Å². The van der Waals surface area contributed by atoms with E-state index in [4.69, 9.17) is 0 Å². The summed E-state index contributed by atoms with van der Waals surface area (Å²) in [5.41, 5.74) is 1.98. The van der Waals surface area contributed by atoms with Crippen LogP contribution < -0.4 is 5.32 Å². The van der Waals surface area contributed by atoms with Gasteiger partial charge in [0.05, 0.1) is 16.8 Å². The summed E-state index contributed by atoms with van der Waals surface area (Å²) in [5, 5.41) is 12.4. The van der Waals surface area contributed by atoms with Crippen molar-refractivity contribution in [3.63, 3.8) is 0 Å². The number of benzene rings is 2. The van der Waals surface area contributed by atoms with Crippen LogP contribution in [0.1, 0.15) is 24.0 Å². The molecule has 0 unspecified atom stereocenters. The van der Waals surface area contributed by atoms with Crippen LogP contribution in [-0.2, 0) is 21.4 Å². The van der Waals surface area contributed by atoms with Crippen molar-refractivity contribution in [3.05, 3.63) is 59.7 Å². The molecule has 0 aliphatic carbocycles. The second-order valence-electron chi connectivity index (χ2n) is 7.11. The lowest BCUT2D eigenvalue weighted by atomic mass is 10.1. The maximum absolute atomic E-state index is 12.7. The maximum Gasteiger partial charge on any atom is 0.243 e. The zero-order valence-electron chi connectivity index (χ0n) is 16.4. The topological polar surface area (TPSA) is 86.7 Å². The van der Waals surface area contributed by atoms with Gasteiger partial charge in [-0.3, -0.25) is 4.79 Å². The van der Waals surface area contributed by atoms with Crippen molar-refractivity contribution in [3.8, 4) is 0 Å². The third kappa shape index (κ3) is 5.82. The molecule has 0 atom stereocenters. The maximum atomic E-state index is 12.7. The predicted octanol–water partition coefficient (Wildman–Crippen LogP) is 2.55. The number of aliphatic hydroxyl groups excluding tert-OH is 1. The molecule has 0 spiro atoms. The lowest BCUT2D eigenvalue weighted by Crippen LogP contribution is -2.39. The molecule has 6 nitrogen and oxygen atoms in total. The summed E-state index contributed by atoms with van der Waals surface area (Å²) >= 11 is 1.50. The van der Waals surface area contributed by atoms with Crippen molar-refractivity contribution in [1.29, 1.82) is 0 Å². The molecular weight excluding hydrogens is 408 g/mol. The summed E-state index contributed by atoms with van der Waals surface area (Å²) in [7, 11) is -3.55. The second-order valence-corrected chi connectivity index (χ2v) is 10.1. The molecule has 1 aliphatic rings. The fourth-order valence-corrected chi connectivity index (χ4v) is 5.45. The number of thioether (sulfide) groups is 1. The van der Waals surface area contributed by atoms with Gasteiger partial charge in [0.1, 0.15) is 0 Å². The van der Waals surface area contributed by atoms with Crippen LogP contribution in [0.3, 0.4) is 0 Å². The molecule has 0 saturated carbocycles. The number of carbonyl (C=O) groups is 1. The van der Waals surface area contributed by atoms with Crippen molar-refractivity contribution in [1.82, 2.24) is 9.62 Å². The van der Waals surface area contributed by atoms with Crippen molar-refractivity contribution >= 4 is 27.7 Å². The number of rotatable bonds is 7. The summed E-state index contributed by atoms with van der Waals surface area (Å²) < 4.78 is 26.8. The SMILES string of the molecule is Cc1ccccc1SCC(=O)NCc1ccc(S(=O)(=O)N2CCC(O)CC2)cc1. The number of carbonyl (C=O) groups excluding carboxylic acids is 1. The first kappa shape index (κ1) is 21.8. The van der Waals surface area contributed by atoms with Gasteiger partial charge >= 0.3 is 0 Å². The zero-order valence-corrected chi connectivity index (χ0v) is 18.0. The Morgan fingerprint density at radius 1 is 1.14 bits per heavy atom. The molecule has 0 bridgehead atoms. The van der Waals surface area contributed by atoms with E-state index in [1.165, 1.54) is 16.1 Å². The first-order chi connectivity index (χ1) is 13.9. The summed E-state index contributed by atoms with van der Waals surface area (Å²) in [4.78, 5) is 13.4. The number of nitrogens with zero attached hydrogens (tertiary/aromatic N) is 1. The zero-order chi connectivity index (χ0) is 20.9. The van der Waals surface area contributed by atoms with Gasteiger partial charge in [-0.2, -0.15) is 4.31 Å². The highest BCUT2D eigenvalue weighted by Crippen LogP contribution is 2.22. The highest BCUT2D eigenvalue weighted by atomic mass is 32.2. The molecule has 2 aromatic rings. The van der Waals surface area contributed by atoms with Crippen LogP contribution in [0.2, 0.25) is 0 Å². The molecule has 3 rings (SSSR count). The molecule has 29 heavy (non-hydrogen) atoms. The fraction of sp³-hybridized carbons (Fsp3) is 0.381. The van der Waals surface area contributed by atoms with E-state index >= 15 is 0 Å². The first-order valence-electron chi connectivity index (χ1n) is 9.58. The van der Waals surface area contributed by atoms with Crippen molar-refractivity contribution in [2.75, 3.05) is 18.8 Å². The van der Waals surface area contributed by atoms with Crippen LogP contribution >= 0.6 is 11.8 Å². The van der Waals surface area contributed by atoms with E-state index in [0.717, 1.165) is 16.0 Å². The molecule has 1 amide bonds. The minimum atomic E-state index is -3.55. The Morgan fingerprint density at radius 3 is 2.45 bits per heavy atom. The second kappa shape index (κ2) is 9.75.